The van der Waals surface area contributed by atoms with Gasteiger partial charge in [0, 0.05) is 6.26 Å². The Morgan fingerprint density at radius 2 is 1.95 bits per heavy atom. The van der Waals surface area contributed by atoms with E-state index in [0.29, 0.717) is 22.1 Å². The summed E-state index contributed by atoms with van der Waals surface area (Å²) in [6.07, 6.45) is 1.14. The summed E-state index contributed by atoms with van der Waals surface area (Å²) in [5.74, 6) is 0. The van der Waals surface area contributed by atoms with E-state index in [1.807, 2.05) is 6.92 Å². The van der Waals surface area contributed by atoms with Gasteiger partial charge in [0.1, 0.15) is 0 Å². The molecule has 2 aromatic rings. The molecule has 0 amide bonds. The summed E-state index contributed by atoms with van der Waals surface area (Å²) in [6.45, 7) is 3.62. The number of nitrogens with zero attached hydrogens (tertiary/aromatic N) is 2. The standard InChI is InChI=1S/C12H14ClN3O2S/c1-7-12(13)8(2)16(15-7)11-5-4-9(6-10(11)14)19(3,17)18/h4-6H,14H2,1-3H3. The summed E-state index contributed by atoms with van der Waals surface area (Å²) < 4.78 is 24.5. The van der Waals surface area contributed by atoms with Crippen molar-refractivity contribution in [3.05, 3.63) is 34.6 Å². The fourth-order valence-corrected chi connectivity index (χ4v) is 2.59. The topological polar surface area (TPSA) is 78.0 Å². The van der Waals surface area contributed by atoms with Crippen LogP contribution >= 0.6 is 11.6 Å². The summed E-state index contributed by atoms with van der Waals surface area (Å²) in [6, 6.07) is 4.56. The Hall–Kier alpha value is -1.53. The van der Waals surface area contributed by atoms with Crippen molar-refractivity contribution in [1.29, 1.82) is 0 Å². The minimum absolute atomic E-state index is 0.182. The van der Waals surface area contributed by atoms with Gasteiger partial charge in [0.05, 0.1) is 32.7 Å². The average Bonchev–Trinajstić information content (AvgIpc) is 2.56. The zero-order valence-electron chi connectivity index (χ0n) is 10.8. The maximum Gasteiger partial charge on any atom is 0.175 e. The molecule has 0 bridgehead atoms. The first-order valence-corrected chi connectivity index (χ1v) is 7.80. The van der Waals surface area contributed by atoms with Crippen LogP contribution in [0.3, 0.4) is 0 Å². The summed E-state index contributed by atoms with van der Waals surface area (Å²) in [5, 5.41) is 4.86. The van der Waals surface area contributed by atoms with E-state index in [9.17, 15) is 8.42 Å². The zero-order chi connectivity index (χ0) is 14.4. The third-order valence-corrected chi connectivity index (χ3v) is 4.52. The molecule has 7 heteroatoms. The van der Waals surface area contributed by atoms with Crippen LogP contribution < -0.4 is 5.73 Å². The molecule has 0 saturated heterocycles. The van der Waals surface area contributed by atoms with Gasteiger partial charge in [-0.2, -0.15) is 5.10 Å². The monoisotopic (exact) mass is 299 g/mol. The number of anilines is 1. The van der Waals surface area contributed by atoms with Crippen molar-refractivity contribution in [2.45, 2.75) is 18.7 Å². The molecule has 0 saturated carbocycles. The van der Waals surface area contributed by atoms with Gasteiger partial charge in [0.2, 0.25) is 0 Å². The molecule has 2 N–H and O–H groups in total. The van der Waals surface area contributed by atoms with Crippen molar-refractivity contribution in [2.24, 2.45) is 0 Å². The predicted molar refractivity (Wildman–Crippen MR) is 75.6 cm³/mol. The van der Waals surface area contributed by atoms with Crippen LogP contribution in [0.25, 0.3) is 5.69 Å². The maximum absolute atomic E-state index is 11.5. The van der Waals surface area contributed by atoms with E-state index in [1.54, 1.807) is 17.7 Å². The van der Waals surface area contributed by atoms with E-state index in [1.165, 1.54) is 12.1 Å². The number of benzene rings is 1. The molecule has 0 spiro atoms. The SMILES string of the molecule is Cc1nn(-c2ccc(S(C)(=O)=O)cc2N)c(C)c1Cl. The van der Waals surface area contributed by atoms with Crippen molar-refractivity contribution in [3.63, 3.8) is 0 Å². The molecular formula is C12H14ClN3O2S. The first-order valence-electron chi connectivity index (χ1n) is 5.53. The molecule has 0 unspecified atom stereocenters. The first-order chi connectivity index (χ1) is 8.71. The van der Waals surface area contributed by atoms with Gasteiger partial charge in [-0.15, -0.1) is 0 Å². The lowest BCUT2D eigenvalue weighted by Crippen LogP contribution is -2.05. The minimum atomic E-state index is -3.27. The van der Waals surface area contributed by atoms with Gasteiger partial charge in [0.15, 0.2) is 9.84 Å². The van der Waals surface area contributed by atoms with Crippen molar-refractivity contribution in [2.75, 3.05) is 12.0 Å². The van der Waals surface area contributed by atoms with Crippen molar-refractivity contribution < 1.29 is 8.42 Å². The summed E-state index contributed by atoms with van der Waals surface area (Å²) in [7, 11) is -3.27. The average molecular weight is 300 g/mol. The summed E-state index contributed by atoms with van der Waals surface area (Å²) >= 11 is 6.08. The molecule has 1 heterocycles. The van der Waals surface area contributed by atoms with E-state index in [0.717, 1.165) is 11.9 Å². The van der Waals surface area contributed by atoms with Crippen LogP contribution in [0.1, 0.15) is 11.4 Å². The van der Waals surface area contributed by atoms with Crippen LogP contribution in [0.5, 0.6) is 0 Å². The van der Waals surface area contributed by atoms with Gasteiger partial charge >= 0.3 is 0 Å². The quantitative estimate of drug-likeness (QED) is 0.862. The number of rotatable bonds is 2. The molecule has 2 rings (SSSR count). The van der Waals surface area contributed by atoms with E-state index < -0.39 is 9.84 Å². The van der Waals surface area contributed by atoms with E-state index in [4.69, 9.17) is 17.3 Å². The van der Waals surface area contributed by atoms with Crippen molar-refractivity contribution in [1.82, 2.24) is 9.78 Å². The smallest absolute Gasteiger partial charge is 0.175 e. The molecule has 1 aromatic heterocycles. The Morgan fingerprint density at radius 1 is 1.32 bits per heavy atom. The van der Waals surface area contributed by atoms with Crippen molar-refractivity contribution in [3.8, 4) is 5.69 Å². The molecule has 0 radical (unpaired) electrons. The molecule has 5 nitrogen and oxygen atoms in total. The van der Waals surface area contributed by atoms with Gasteiger partial charge in [0.25, 0.3) is 0 Å². The highest BCUT2D eigenvalue weighted by Crippen LogP contribution is 2.26. The minimum Gasteiger partial charge on any atom is -0.397 e. The molecular weight excluding hydrogens is 286 g/mol. The van der Waals surface area contributed by atoms with Crippen LogP contribution in [-0.4, -0.2) is 24.5 Å². The normalized spacial score (nSPS) is 11.8. The lowest BCUT2D eigenvalue weighted by Gasteiger charge is -2.09. The number of hydrogen-bond acceptors (Lipinski definition) is 4. The Bertz CT molecular complexity index is 751. The number of aromatic nitrogens is 2. The molecule has 0 aliphatic carbocycles. The second-order valence-corrected chi connectivity index (χ2v) is 6.78. The fraction of sp³-hybridized carbons (Fsp3) is 0.250. The molecule has 1 aromatic carbocycles. The van der Waals surface area contributed by atoms with E-state index in [2.05, 4.69) is 5.10 Å². The highest BCUT2D eigenvalue weighted by Gasteiger charge is 2.15. The van der Waals surface area contributed by atoms with Gasteiger partial charge in [-0.25, -0.2) is 13.1 Å². The van der Waals surface area contributed by atoms with Crippen LogP contribution in [-0.2, 0) is 9.84 Å². The van der Waals surface area contributed by atoms with E-state index >= 15 is 0 Å². The second kappa shape index (κ2) is 4.54. The van der Waals surface area contributed by atoms with Gasteiger partial charge in [-0.05, 0) is 32.0 Å². The number of hydrogen-bond donors (Lipinski definition) is 1. The number of halogens is 1. The maximum atomic E-state index is 11.5. The van der Waals surface area contributed by atoms with Crippen LogP contribution in [0.15, 0.2) is 23.1 Å². The van der Waals surface area contributed by atoms with Crippen LogP contribution in [0.2, 0.25) is 5.02 Å². The Labute approximate surface area is 116 Å². The largest absolute Gasteiger partial charge is 0.397 e. The van der Waals surface area contributed by atoms with Gasteiger partial charge in [-0.3, -0.25) is 0 Å². The third kappa shape index (κ3) is 2.46. The number of nitrogens with two attached hydrogens (primary N) is 1. The van der Waals surface area contributed by atoms with Crippen LogP contribution in [0.4, 0.5) is 5.69 Å². The fourth-order valence-electron chi connectivity index (χ4n) is 1.81. The Morgan fingerprint density at radius 3 is 2.37 bits per heavy atom. The summed E-state index contributed by atoms with van der Waals surface area (Å²) in [4.78, 5) is 0.182. The van der Waals surface area contributed by atoms with E-state index in [-0.39, 0.29) is 4.90 Å². The van der Waals surface area contributed by atoms with Gasteiger partial charge in [-0.1, -0.05) is 11.6 Å². The first kappa shape index (κ1) is 13.9. The summed E-state index contributed by atoms with van der Waals surface area (Å²) in [5.41, 5.74) is 8.32. The third-order valence-electron chi connectivity index (χ3n) is 2.86. The number of aryl methyl sites for hydroxylation is 1. The second-order valence-electron chi connectivity index (χ2n) is 4.39. The van der Waals surface area contributed by atoms with Crippen LogP contribution in [0, 0.1) is 13.8 Å². The molecule has 0 aliphatic rings. The Balaban J connectivity index is 2.62. The number of sulfone groups is 1. The molecule has 0 atom stereocenters. The zero-order valence-corrected chi connectivity index (χ0v) is 12.4. The van der Waals surface area contributed by atoms with Gasteiger partial charge < -0.3 is 5.73 Å². The lowest BCUT2D eigenvalue weighted by atomic mass is 10.2. The molecule has 19 heavy (non-hydrogen) atoms. The highest BCUT2D eigenvalue weighted by molar-refractivity contribution is 7.90. The number of nitrogen functional groups attached to an aromatic ring is 1. The highest BCUT2D eigenvalue weighted by atomic mass is 35.5. The molecule has 0 aliphatic heterocycles. The molecule has 0 fully saturated rings. The molecule has 102 valence electrons. The lowest BCUT2D eigenvalue weighted by molar-refractivity contribution is 0.602. The predicted octanol–water partition coefficient (Wildman–Crippen LogP) is 2.13. The Kier molecular flexibility index (Phi) is 3.32. The van der Waals surface area contributed by atoms with Crippen molar-refractivity contribution >= 4 is 27.1 Å².